The van der Waals surface area contributed by atoms with Crippen LogP contribution in [-0.4, -0.2) is 20.9 Å². The fourth-order valence-electron chi connectivity index (χ4n) is 3.10. The van der Waals surface area contributed by atoms with E-state index in [0.29, 0.717) is 35.9 Å². The van der Waals surface area contributed by atoms with Gasteiger partial charge in [-0.1, -0.05) is 40.5 Å². The first-order valence-electron chi connectivity index (χ1n) is 8.34. The maximum atomic E-state index is 13.7. The Labute approximate surface area is 164 Å². The molecule has 0 aliphatic carbocycles. The Kier molecular flexibility index (Phi) is 4.85. The Morgan fingerprint density at radius 2 is 1.96 bits per heavy atom. The minimum absolute atomic E-state index is 0.0206. The molecule has 0 spiro atoms. The predicted octanol–water partition coefficient (Wildman–Crippen LogP) is 5.05. The van der Waals surface area contributed by atoms with Crippen LogP contribution in [0.3, 0.4) is 0 Å². The number of aromatic nitrogens is 2. The number of hydrogen-bond donors (Lipinski definition) is 0. The van der Waals surface area contributed by atoms with Gasteiger partial charge in [0.05, 0.1) is 5.02 Å². The van der Waals surface area contributed by atoms with Crippen LogP contribution in [0.4, 0.5) is 4.39 Å². The normalized spacial score (nSPS) is 16.9. The van der Waals surface area contributed by atoms with Crippen molar-refractivity contribution in [2.24, 2.45) is 0 Å². The van der Waals surface area contributed by atoms with E-state index in [4.69, 9.17) is 27.7 Å². The van der Waals surface area contributed by atoms with E-state index in [2.05, 4.69) is 10.1 Å². The molecule has 2 aromatic carbocycles. The molecule has 1 aliphatic heterocycles. The first-order chi connectivity index (χ1) is 13.0. The molecule has 27 heavy (non-hydrogen) atoms. The number of hydrogen-bond acceptors (Lipinski definition) is 4. The van der Waals surface area contributed by atoms with E-state index in [-0.39, 0.29) is 22.8 Å². The highest BCUT2D eigenvalue weighted by molar-refractivity contribution is 6.31. The number of carbonyl (C=O) groups excluding carboxylic acids is 1. The Morgan fingerprint density at radius 3 is 2.70 bits per heavy atom. The first-order valence-corrected chi connectivity index (χ1v) is 9.10. The van der Waals surface area contributed by atoms with Crippen LogP contribution < -0.4 is 0 Å². The molecule has 1 aromatic heterocycles. The Balaban J connectivity index is 1.58. The third kappa shape index (κ3) is 3.68. The molecule has 1 amide bonds. The van der Waals surface area contributed by atoms with Gasteiger partial charge in [-0.05, 0) is 42.3 Å². The zero-order chi connectivity index (χ0) is 19.0. The van der Waals surface area contributed by atoms with Gasteiger partial charge in [0.2, 0.25) is 17.6 Å². The van der Waals surface area contributed by atoms with Gasteiger partial charge < -0.3 is 9.42 Å². The molecule has 8 heteroatoms. The van der Waals surface area contributed by atoms with Crippen molar-refractivity contribution < 1.29 is 13.7 Å². The number of likely N-dealkylation sites (tertiary alicyclic amines) is 1. The molecule has 1 atom stereocenters. The van der Waals surface area contributed by atoms with Gasteiger partial charge in [-0.3, -0.25) is 4.79 Å². The van der Waals surface area contributed by atoms with Crippen molar-refractivity contribution in [3.8, 4) is 11.4 Å². The number of rotatable bonds is 4. The van der Waals surface area contributed by atoms with Crippen molar-refractivity contribution in [1.29, 1.82) is 0 Å². The standard InChI is InChI=1S/C19H14Cl2FN3O2/c20-13-4-1-11(2-5-13)10-25-16(7-8-17(25)26)19-23-18(24-27-19)12-3-6-14(21)15(22)9-12/h1-6,9,16H,7-8,10H2. The molecule has 4 rings (SSSR count). The van der Waals surface area contributed by atoms with Crippen LogP contribution in [0, 0.1) is 5.82 Å². The summed E-state index contributed by atoms with van der Waals surface area (Å²) < 4.78 is 19.1. The number of benzene rings is 2. The Morgan fingerprint density at radius 1 is 1.19 bits per heavy atom. The van der Waals surface area contributed by atoms with Crippen LogP contribution in [0.1, 0.15) is 30.3 Å². The fraction of sp³-hybridized carbons (Fsp3) is 0.211. The first kappa shape index (κ1) is 17.9. The van der Waals surface area contributed by atoms with Crippen molar-refractivity contribution >= 4 is 29.1 Å². The third-order valence-electron chi connectivity index (χ3n) is 4.50. The fourth-order valence-corrected chi connectivity index (χ4v) is 3.34. The monoisotopic (exact) mass is 405 g/mol. The van der Waals surface area contributed by atoms with Crippen molar-refractivity contribution in [3.63, 3.8) is 0 Å². The van der Waals surface area contributed by atoms with Crippen LogP contribution in [-0.2, 0) is 11.3 Å². The van der Waals surface area contributed by atoms with Gasteiger partial charge in [0.15, 0.2) is 0 Å². The van der Waals surface area contributed by atoms with Crippen molar-refractivity contribution in [2.45, 2.75) is 25.4 Å². The van der Waals surface area contributed by atoms with E-state index < -0.39 is 5.82 Å². The highest BCUT2D eigenvalue weighted by Gasteiger charge is 2.36. The maximum Gasteiger partial charge on any atom is 0.249 e. The minimum Gasteiger partial charge on any atom is -0.337 e. The molecule has 0 radical (unpaired) electrons. The summed E-state index contributed by atoms with van der Waals surface area (Å²) in [6.07, 6.45) is 0.995. The number of halogens is 3. The Bertz CT molecular complexity index is 991. The van der Waals surface area contributed by atoms with Crippen LogP contribution in [0.25, 0.3) is 11.4 Å². The molecule has 1 unspecified atom stereocenters. The van der Waals surface area contributed by atoms with Crippen LogP contribution >= 0.6 is 23.2 Å². The highest BCUT2D eigenvalue weighted by atomic mass is 35.5. The third-order valence-corrected chi connectivity index (χ3v) is 5.06. The van der Waals surface area contributed by atoms with E-state index in [0.717, 1.165) is 5.56 Å². The lowest BCUT2D eigenvalue weighted by Gasteiger charge is -2.22. The molecule has 3 aromatic rings. The predicted molar refractivity (Wildman–Crippen MR) is 98.7 cm³/mol. The lowest BCUT2D eigenvalue weighted by molar-refractivity contribution is -0.129. The zero-order valence-corrected chi connectivity index (χ0v) is 15.5. The molecular weight excluding hydrogens is 392 g/mol. The molecule has 1 saturated heterocycles. The van der Waals surface area contributed by atoms with Gasteiger partial charge >= 0.3 is 0 Å². The van der Waals surface area contributed by atoms with Crippen LogP contribution in [0.15, 0.2) is 47.0 Å². The molecule has 1 fully saturated rings. The zero-order valence-electron chi connectivity index (χ0n) is 14.0. The lowest BCUT2D eigenvalue weighted by atomic mass is 10.1. The van der Waals surface area contributed by atoms with E-state index in [1.54, 1.807) is 23.1 Å². The summed E-state index contributed by atoms with van der Waals surface area (Å²) in [5, 5.41) is 4.59. The minimum atomic E-state index is -0.555. The summed E-state index contributed by atoms with van der Waals surface area (Å²) in [5.41, 5.74) is 1.42. The molecule has 5 nitrogen and oxygen atoms in total. The smallest absolute Gasteiger partial charge is 0.249 e. The van der Waals surface area contributed by atoms with Gasteiger partial charge in [0, 0.05) is 23.6 Å². The summed E-state index contributed by atoms with van der Waals surface area (Å²) in [5.74, 6) is 0.0553. The highest BCUT2D eigenvalue weighted by Crippen LogP contribution is 2.34. The lowest BCUT2D eigenvalue weighted by Crippen LogP contribution is -2.27. The molecule has 138 valence electrons. The number of carbonyl (C=O) groups is 1. The van der Waals surface area contributed by atoms with Gasteiger partial charge in [0.1, 0.15) is 11.9 Å². The molecule has 1 aliphatic rings. The molecule has 0 N–H and O–H groups in total. The van der Waals surface area contributed by atoms with Crippen molar-refractivity contribution in [2.75, 3.05) is 0 Å². The summed E-state index contributed by atoms with van der Waals surface area (Å²) in [4.78, 5) is 18.4. The van der Waals surface area contributed by atoms with E-state index >= 15 is 0 Å². The second kappa shape index (κ2) is 7.29. The van der Waals surface area contributed by atoms with E-state index in [1.165, 1.54) is 12.1 Å². The molecular formula is C19H14Cl2FN3O2. The van der Waals surface area contributed by atoms with Crippen molar-refractivity contribution in [1.82, 2.24) is 15.0 Å². The summed E-state index contributed by atoms with van der Waals surface area (Å²) in [6.45, 7) is 0.425. The molecule has 2 heterocycles. The van der Waals surface area contributed by atoms with Crippen LogP contribution in [0.5, 0.6) is 0 Å². The average Bonchev–Trinajstić information content (AvgIpc) is 3.27. The Hall–Kier alpha value is -2.44. The SMILES string of the molecule is O=C1CCC(c2nc(-c3ccc(Cl)c(F)c3)no2)N1Cc1ccc(Cl)cc1. The van der Waals surface area contributed by atoms with E-state index in [9.17, 15) is 9.18 Å². The second-order valence-corrected chi connectivity index (χ2v) is 7.13. The summed E-state index contributed by atoms with van der Waals surface area (Å²) >= 11 is 11.6. The largest absolute Gasteiger partial charge is 0.337 e. The second-order valence-electron chi connectivity index (χ2n) is 6.29. The molecule has 0 bridgehead atoms. The van der Waals surface area contributed by atoms with Gasteiger partial charge in [-0.2, -0.15) is 4.98 Å². The quantitative estimate of drug-likeness (QED) is 0.609. The summed E-state index contributed by atoms with van der Waals surface area (Å²) in [6, 6.07) is 11.3. The van der Waals surface area contributed by atoms with Gasteiger partial charge in [-0.25, -0.2) is 4.39 Å². The van der Waals surface area contributed by atoms with E-state index in [1.807, 2.05) is 12.1 Å². The van der Waals surface area contributed by atoms with Gasteiger partial charge in [-0.15, -0.1) is 0 Å². The number of amides is 1. The maximum absolute atomic E-state index is 13.7. The average molecular weight is 406 g/mol. The topological polar surface area (TPSA) is 59.2 Å². The van der Waals surface area contributed by atoms with Crippen molar-refractivity contribution in [3.05, 3.63) is 69.8 Å². The number of nitrogens with zero attached hydrogens (tertiary/aromatic N) is 3. The van der Waals surface area contributed by atoms with Gasteiger partial charge in [0.25, 0.3) is 0 Å². The van der Waals surface area contributed by atoms with Crippen LogP contribution in [0.2, 0.25) is 10.0 Å². The molecule has 0 saturated carbocycles. The summed E-state index contributed by atoms with van der Waals surface area (Å²) in [7, 11) is 0.